The SMILES string of the molecule is CC(C)(F)CN1CCC(CCc2ccc(-c3ccc(C(=O)N4CCCC4)c(F)c3)cn2)CC1. The first-order valence-corrected chi connectivity index (χ1v) is 12.2. The van der Waals surface area contributed by atoms with Crippen LogP contribution >= 0.6 is 0 Å². The summed E-state index contributed by atoms with van der Waals surface area (Å²) in [7, 11) is 0. The molecule has 0 bridgehead atoms. The van der Waals surface area contributed by atoms with Gasteiger partial charge in [0.2, 0.25) is 0 Å². The maximum atomic E-state index is 14.7. The largest absolute Gasteiger partial charge is 0.339 e. The van der Waals surface area contributed by atoms with Crippen LogP contribution in [0.2, 0.25) is 0 Å². The van der Waals surface area contributed by atoms with E-state index < -0.39 is 11.5 Å². The maximum absolute atomic E-state index is 14.7. The standard InChI is InChI=1S/C27H35F2N3O/c1-27(2,29)19-31-15-11-20(12-16-31)5-8-23-9-6-22(18-30-23)21-7-10-24(25(28)17-21)26(33)32-13-3-4-14-32/h6-7,9-10,17-18,20H,3-5,8,11-16,19H2,1-2H3. The van der Waals surface area contributed by atoms with E-state index in [4.69, 9.17) is 0 Å². The molecule has 0 atom stereocenters. The molecule has 2 saturated heterocycles. The van der Waals surface area contributed by atoms with Crippen molar-refractivity contribution in [2.75, 3.05) is 32.7 Å². The molecule has 4 nitrogen and oxygen atoms in total. The van der Waals surface area contributed by atoms with Crippen molar-refractivity contribution < 1.29 is 13.6 Å². The summed E-state index contributed by atoms with van der Waals surface area (Å²) >= 11 is 0. The summed E-state index contributed by atoms with van der Waals surface area (Å²) in [6, 6.07) is 8.82. The quantitative estimate of drug-likeness (QED) is 0.552. The number of nitrogens with zero attached hydrogens (tertiary/aromatic N) is 3. The van der Waals surface area contributed by atoms with Gasteiger partial charge in [-0.05, 0) is 95.1 Å². The summed E-state index contributed by atoms with van der Waals surface area (Å²) in [6.07, 6.45) is 7.97. The Bertz CT molecular complexity index is 941. The van der Waals surface area contributed by atoms with E-state index in [1.165, 1.54) is 6.07 Å². The van der Waals surface area contributed by atoms with Gasteiger partial charge in [-0.3, -0.25) is 9.78 Å². The van der Waals surface area contributed by atoms with Crippen molar-refractivity contribution in [3.8, 4) is 11.1 Å². The van der Waals surface area contributed by atoms with Crippen LogP contribution in [-0.2, 0) is 6.42 Å². The first-order chi connectivity index (χ1) is 15.8. The maximum Gasteiger partial charge on any atom is 0.256 e. The van der Waals surface area contributed by atoms with Crippen LogP contribution in [0.15, 0.2) is 36.5 Å². The molecule has 0 N–H and O–H groups in total. The van der Waals surface area contributed by atoms with Crippen molar-refractivity contribution >= 4 is 5.91 Å². The molecule has 2 aliphatic rings. The summed E-state index contributed by atoms with van der Waals surface area (Å²) in [4.78, 5) is 21.0. The number of alkyl halides is 1. The normalized spacial score (nSPS) is 18.1. The van der Waals surface area contributed by atoms with Gasteiger partial charge < -0.3 is 9.80 Å². The van der Waals surface area contributed by atoms with Gasteiger partial charge in [-0.2, -0.15) is 0 Å². The van der Waals surface area contributed by atoms with Gasteiger partial charge in [0.1, 0.15) is 11.5 Å². The number of piperidine rings is 1. The van der Waals surface area contributed by atoms with Crippen molar-refractivity contribution in [2.45, 2.75) is 58.0 Å². The second-order valence-corrected chi connectivity index (χ2v) is 10.2. The zero-order chi connectivity index (χ0) is 23.4. The number of aromatic nitrogens is 1. The van der Waals surface area contributed by atoms with Gasteiger partial charge in [0.15, 0.2) is 0 Å². The molecular weight excluding hydrogens is 420 g/mol. The lowest BCUT2D eigenvalue weighted by atomic mass is 9.91. The van der Waals surface area contributed by atoms with Crippen molar-refractivity contribution in [1.82, 2.24) is 14.8 Å². The summed E-state index contributed by atoms with van der Waals surface area (Å²) < 4.78 is 28.5. The molecule has 0 spiro atoms. The molecule has 33 heavy (non-hydrogen) atoms. The molecular formula is C27H35F2N3O. The average molecular weight is 456 g/mol. The second kappa shape index (κ2) is 10.3. The number of aryl methyl sites for hydroxylation is 1. The van der Waals surface area contributed by atoms with E-state index in [0.29, 0.717) is 25.6 Å². The minimum Gasteiger partial charge on any atom is -0.339 e. The van der Waals surface area contributed by atoms with Crippen molar-refractivity contribution in [3.63, 3.8) is 0 Å². The van der Waals surface area contributed by atoms with Crippen molar-refractivity contribution in [2.24, 2.45) is 5.92 Å². The van der Waals surface area contributed by atoms with Gasteiger partial charge in [0.25, 0.3) is 5.91 Å². The molecule has 2 fully saturated rings. The molecule has 2 aromatic rings. The van der Waals surface area contributed by atoms with Crippen LogP contribution in [0.25, 0.3) is 11.1 Å². The van der Waals surface area contributed by atoms with Crippen LogP contribution in [0.5, 0.6) is 0 Å². The van der Waals surface area contributed by atoms with E-state index in [2.05, 4.69) is 9.88 Å². The molecule has 6 heteroatoms. The molecule has 1 aromatic carbocycles. The van der Waals surface area contributed by atoms with Crippen LogP contribution in [0, 0.1) is 11.7 Å². The van der Waals surface area contributed by atoms with Gasteiger partial charge in [-0.15, -0.1) is 0 Å². The number of likely N-dealkylation sites (tertiary alicyclic amines) is 2. The Hall–Kier alpha value is -2.34. The van der Waals surface area contributed by atoms with Gasteiger partial charge in [-0.1, -0.05) is 12.1 Å². The monoisotopic (exact) mass is 455 g/mol. The minimum atomic E-state index is -1.13. The Balaban J connectivity index is 1.30. The summed E-state index contributed by atoms with van der Waals surface area (Å²) in [5, 5.41) is 0. The third-order valence-corrected chi connectivity index (χ3v) is 6.87. The number of halogens is 2. The first kappa shape index (κ1) is 23.8. The summed E-state index contributed by atoms with van der Waals surface area (Å²) in [6.45, 7) is 7.15. The van der Waals surface area contributed by atoms with E-state index in [0.717, 1.165) is 68.4 Å². The molecule has 0 saturated carbocycles. The molecule has 178 valence electrons. The minimum absolute atomic E-state index is 0.145. The second-order valence-electron chi connectivity index (χ2n) is 10.2. The highest BCUT2D eigenvalue weighted by Gasteiger charge is 2.25. The number of amides is 1. The number of benzene rings is 1. The first-order valence-electron chi connectivity index (χ1n) is 12.2. The molecule has 0 radical (unpaired) electrons. The summed E-state index contributed by atoms with van der Waals surface area (Å²) in [5.41, 5.74) is 1.62. The predicted molar refractivity (Wildman–Crippen MR) is 127 cm³/mol. The Morgan fingerprint density at radius 3 is 2.36 bits per heavy atom. The molecule has 0 aliphatic carbocycles. The van der Waals surface area contributed by atoms with Crippen LogP contribution in [0.4, 0.5) is 8.78 Å². The van der Waals surface area contributed by atoms with Crippen molar-refractivity contribution in [1.29, 1.82) is 0 Å². The number of carbonyl (C=O) groups is 1. The smallest absolute Gasteiger partial charge is 0.256 e. The molecule has 2 aliphatic heterocycles. The van der Waals surface area contributed by atoms with Crippen LogP contribution in [-0.4, -0.2) is 59.1 Å². The predicted octanol–water partition coefficient (Wildman–Crippen LogP) is 5.52. The number of hydrogen-bond donors (Lipinski definition) is 0. The Labute approximate surface area is 196 Å². The van der Waals surface area contributed by atoms with E-state index in [-0.39, 0.29) is 11.5 Å². The number of rotatable bonds is 7. The van der Waals surface area contributed by atoms with E-state index in [1.807, 2.05) is 12.1 Å². The number of hydrogen-bond acceptors (Lipinski definition) is 3. The summed E-state index contributed by atoms with van der Waals surface area (Å²) in [5.74, 6) is -0.0412. The third kappa shape index (κ3) is 6.38. The van der Waals surface area contributed by atoms with Gasteiger partial charge in [0, 0.05) is 37.1 Å². The molecule has 1 amide bonds. The molecule has 4 rings (SSSR count). The lowest BCUT2D eigenvalue weighted by Crippen LogP contribution is -2.41. The highest BCUT2D eigenvalue weighted by atomic mass is 19.1. The van der Waals surface area contributed by atoms with Crippen LogP contribution < -0.4 is 0 Å². The fourth-order valence-electron chi connectivity index (χ4n) is 5.02. The lowest BCUT2D eigenvalue weighted by molar-refractivity contribution is 0.0788. The Morgan fingerprint density at radius 2 is 1.76 bits per heavy atom. The average Bonchev–Trinajstić information content (AvgIpc) is 3.32. The van der Waals surface area contributed by atoms with E-state index in [1.54, 1.807) is 37.1 Å². The highest BCUT2D eigenvalue weighted by Crippen LogP contribution is 2.26. The fraction of sp³-hybridized carbons (Fsp3) is 0.556. The zero-order valence-corrected chi connectivity index (χ0v) is 19.8. The molecule has 0 unspecified atom stereocenters. The number of pyridine rings is 1. The zero-order valence-electron chi connectivity index (χ0n) is 19.8. The van der Waals surface area contributed by atoms with E-state index >= 15 is 0 Å². The van der Waals surface area contributed by atoms with Crippen LogP contribution in [0.1, 0.15) is 62.0 Å². The fourth-order valence-corrected chi connectivity index (χ4v) is 5.02. The Morgan fingerprint density at radius 1 is 1.06 bits per heavy atom. The Kier molecular flexibility index (Phi) is 7.42. The third-order valence-electron chi connectivity index (χ3n) is 6.87. The molecule has 3 heterocycles. The van der Waals surface area contributed by atoms with Gasteiger partial charge in [0.05, 0.1) is 5.56 Å². The highest BCUT2D eigenvalue weighted by molar-refractivity contribution is 5.95. The topological polar surface area (TPSA) is 36.4 Å². The van der Waals surface area contributed by atoms with Gasteiger partial charge >= 0.3 is 0 Å². The lowest BCUT2D eigenvalue weighted by Gasteiger charge is -2.34. The van der Waals surface area contributed by atoms with Crippen molar-refractivity contribution in [3.05, 3.63) is 53.6 Å². The van der Waals surface area contributed by atoms with Gasteiger partial charge in [-0.25, -0.2) is 8.78 Å². The van der Waals surface area contributed by atoms with E-state index in [9.17, 15) is 13.6 Å². The van der Waals surface area contributed by atoms with Crippen LogP contribution in [0.3, 0.4) is 0 Å². The number of carbonyl (C=O) groups excluding carboxylic acids is 1. The molecule has 1 aromatic heterocycles.